The Morgan fingerprint density at radius 3 is 1.47 bits per heavy atom. The molecule has 3 aromatic rings. The van der Waals surface area contributed by atoms with Gasteiger partial charge in [-0.3, -0.25) is 14.4 Å². The third-order valence-corrected chi connectivity index (χ3v) is 8.56. The molecule has 2 heterocycles. The van der Waals surface area contributed by atoms with E-state index in [4.69, 9.17) is 42.6 Å². The van der Waals surface area contributed by atoms with E-state index >= 15 is 0 Å². The smallest absolute Gasteiger partial charge is 0.303 e. The highest BCUT2D eigenvalue weighted by Crippen LogP contribution is 2.32. The lowest BCUT2D eigenvalue weighted by atomic mass is 9.97. The fourth-order valence-electron chi connectivity index (χ4n) is 6.11. The van der Waals surface area contributed by atoms with E-state index in [1.54, 1.807) is 0 Å². The molecule has 0 aliphatic carbocycles. The van der Waals surface area contributed by atoms with Crippen LogP contribution in [0.25, 0.3) is 0 Å². The number of rotatable bonds is 16. The number of aliphatic hydroxyl groups is 2. The summed E-state index contributed by atoms with van der Waals surface area (Å²) in [5.74, 6) is -2.16. The standard InChI is InChI=1S/C39H46O14/c1-24(40)45-22-31-34(50-25(2)41)35(51-26(3)42)32(43)39(53-31)49-23-30-33(46-19-27-13-7-4-8-14-27)36(47-20-28-15-9-5-10-16-28)37(38(44)52-30)48-21-29-17-11-6-12-18-29/h4-18,30-39,43-44H,19-23H2,1-3H3/t30-,31-,32-,33-,34-,35-,36+,37-,38+,39-/m1/s1. The summed E-state index contributed by atoms with van der Waals surface area (Å²) in [6.07, 6.45) is -12.5. The summed E-state index contributed by atoms with van der Waals surface area (Å²) < 4.78 is 53.3. The molecule has 0 amide bonds. The molecule has 14 nitrogen and oxygen atoms in total. The lowest BCUT2D eigenvalue weighted by Gasteiger charge is -2.46. The molecule has 0 saturated carbocycles. The van der Waals surface area contributed by atoms with E-state index < -0.39 is 85.9 Å². The number of carbonyl (C=O) groups excluding carboxylic acids is 3. The van der Waals surface area contributed by atoms with Crippen LogP contribution < -0.4 is 0 Å². The van der Waals surface area contributed by atoms with E-state index in [1.165, 1.54) is 6.92 Å². The van der Waals surface area contributed by atoms with Gasteiger partial charge in [0.1, 0.15) is 43.2 Å². The van der Waals surface area contributed by atoms with Gasteiger partial charge < -0.3 is 52.8 Å². The molecule has 0 aromatic heterocycles. The zero-order chi connectivity index (χ0) is 37.7. The summed E-state index contributed by atoms with van der Waals surface area (Å²) in [5.41, 5.74) is 2.61. The van der Waals surface area contributed by atoms with Gasteiger partial charge in [0.05, 0.1) is 26.4 Å². The van der Waals surface area contributed by atoms with Gasteiger partial charge in [-0.25, -0.2) is 0 Å². The molecule has 3 aromatic carbocycles. The number of aliphatic hydroxyl groups excluding tert-OH is 2. The first-order valence-electron chi connectivity index (χ1n) is 17.3. The molecule has 0 unspecified atom stereocenters. The van der Waals surface area contributed by atoms with Crippen LogP contribution in [0, 0.1) is 0 Å². The Kier molecular flexibility index (Phi) is 14.9. The Labute approximate surface area is 307 Å². The van der Waals surface area contributed by atoms with Crippen molar-refractivity contribution in [3.05, 3.63) is 108 Å². The minimum atomic E-state index is -1.67. The van der Waals surface area contributed by atoms with Gasteiger partial charge in [-0.1, -0.05) is 91.0 Å². The van der Waals surface area contributed by atoms with E-state index in [1.807, 2.05) is 91.0 Å². The molecule has 2 aliphatic rings. The average molecular weight is 739 g/mol. The number of hydrogen-bond donors (Lipinski definition) is 2. The lowest BCUT2D eigenvalue weighted by Crippen LogP contribution is -2.63. The van der Waals surface area contributed by atoms with Gasteiger partial charge in [0.15, 0.2) is 24.8 Å². The van der Waals surface area contributed by atoms with Crippen molar-refractivity contribution in [1.82, 2.24) is 0 Å². The summed E-state index contributed by atoms with van der Waals surface area (Å²) >= 11 is 0. The summed E-state index contributed by atoms with van der Waals surface area (Å²) in [4.78, 5) is 35.8. The van der Waals surface area contributed by atoms with Crippen LogP contribution in [0.15, 0.2) is 91.0 Å². The van der Waals surface area contributed by atoms with Crippen molar-refractivity contribution < 1.29 is 67.2 Å². The Bertz CT molecular complexity index is 1570. The van der Waals surface area contributed by atoms with Crippen molar-refractivity contribution in [2.24, 2.45) is 0 Å². The van der Waals surface area contributed by atoms with E-state index in [0.717, 1.165) is 30.5 Å². The first-order chi connectivity index (χ1) is 25.6. The van der Waals surface area contributed by atoms with Crippen LogP contribution in [0.3, 0.4) is 0 Å². The van der Waals surface area contributed by atoms with Gasteiger partial charge in [0.25, 0.3) is 0 Å². The normalized spacial score (nSPS) is 28.5. The molecule has 2 fully saturated rings. The van der Waals surface area contributed by atoms with E-state index in [9.17, 15) is 24.6 Å². The fraction of sp³-hybridized carbons (Fsp3) is 0.462. The Hall–Kier alpha value is -4.25. The van der Waals surface area contributed by atoms with Gasteiger partial charge in [-0.15, -0.1) is 0 Å². The van der Waals surface area contributed by atoms with Crippen molar-refractivity contribution in [3.8, 4) is 0 Å². The summed E-state index contributed by atoms with van der Waals surface area (Å²) in [5, 5.41) is 22.8. The van der Waals surface area contributed by atoms with Gasteiger partial charge in [-0.05, 0) is 16.7 Å². The molecule has 0 spiro atoms. The minimum absolute atomic E-state index is 0.143. The van der Waals surface area contributed by atoms with Crippen LogP contribution in [0.5, 0.6) is 0 Å². The van der Waals surface area contributed by atoms with Gasteiger partial charge in [0.2, 0.25) is 0 Å². The fourth-order valence-corrected chi connectivity index (χ4v) is 6.11. The number of benzene rings is 3. The summed E-state index contributed by atoms with van der Waals surface area (Å²) in [6.45, 7) is 3.16. The Morgan fingerprint density at radius 2 is 0.981 bits per heavy atom. The SMILES string of the molecule is CC(=O)OC[C@H]1O[C@@H](OC[C@H]2O[C@H](O)[C@H](OCc3ccccc3)[C@@H](OCc3ccccc3)[C@@H]2OCc2ccccc2)[C@H](O)[C@@H](OC(C)=O)[C@@H]1OC(C)=O. The van der Waals surface area contributed by atoms with E-state index in [2.05, 4.69) is 0 Å². The molecular weight excluding hydrogens is 692 g/mol. The van der Waals surface area contributed by atoms with Crippen molar-refractivity contribution in [2.75, 3.05) is 13.2 Å². The predicted molar refractivity (Wildman–Crippen MR) is 184 cm³/mol. The van der Waals surface area contributed by atoms with Crippen LogP contribution in [-0.2, 0) is 76.8 Å². The van der Waals surface area contributed by atoms with E-state index in [-0.39, 0.29) is 26.4 Å². The molecule has 2 aliphatic heterocycles. The number of hydrogen-bond acceptors (Lipinski definition) is 14. The number of ether oxygens (including phenoxy) is 9. The van der Waals surface area contributed by atoms with Crippen LogP contribution in [0.2, 0.25) is 0 Å². The third-order valence-electron chi connectivity index (χ3n) is 8.56. The molecular formula is C39H46O14. The average Bonchev–Trinajstić information content (AvgIpc) is 3.14. The van der Waals surface area contributed by atoms with Crippen LogP contribution in [0.1, 0.15) is 37.5 Å². The minimum Gasteiger partial charge on any atom is -0.463 e. The number of esters is 3. The molecule has 286 valence electrons. The highest BCUT2D eigenvalue weighted by Gasteiger charge is 2.52. The van der Waals surface area contributed by atoms with Crippen LogP contribution >= 0.6 is 0 Å². The molecule has 14 heteroatoms. The van der Waals surface area contributed by atoms with E-state index in [0.29, 0.717) is 0 Å². The van der Waals surface area contributed by atoms with Crippen LogP contribution in [0.4, 0.5) is 0 Å². The third kappa shape index (κ3) is 11.6. The predicted octanol–water partition coefficient (Wildman–Crippen LogP) is 2.99. The largest absolute Gasteiger partial charge is 0.463 e. The summed E-state index contributed by atoms with van der Waals surface area (Å²) in [6, 6.07) is 28.4. The molecule has 2 N–H and O–H groups in total. The highest BCUT2D eigenvalue weighted by molar-refractivity contribution is 5.68. The molecule has 0 radical (unpaired) electrons. The van der Waals surface area contributed by atoms with Gasteiger partial charge >= 0.3 is 17.9 Å². The Balaban J connectivity index is 1.41. The van der Waals surface area contributed by atoms with Crippen molar-refractivity contribution in [2.45, 2.75) is 102 Å². The monoisotopic (exact) mass is 738 g/mol. The quantitative estimate of drug-likeness (QED) is 0.162. The summed E-state index contributed by atoms with van der Waals surface area (Å²) in [7, 11) is 0. The zero-order valence-electron chi connectivity index (χ0n) is 29.8. The molecule has 10 atom stereocenters. The van der Waals surface area contributed by atoms with Crippen molar-refractivity contribution >= 4 is 17.9 Å². The topological polar surface area (TPSA) is 175 Å². The molecule has 0 bridgehead atoms. The second kappa shape index (κ2) is 19.7. The van der Waals surface area contributed by atoms with Crippen molar-refractivity contribution in [1.29, 1.82) is 0 Å². The first kappa shape index (κ1) is 39.9. The highest BCUT2D eigenvalue weighted by atomic mass is 16.7. The Morgan fingerprint density at radius 1 is 0.528 bits per heavy atom. The van der Waals surface area contributed by atoms with Gasteiger partial charge in [-0.2, -0.15) is 0 Å². The number of carbonyl (C=O) groups is 3. The van der Waals surface area contributed by atoms with Crippen molar-refractivity contribution in [3.63, 3.8) is 0 Å². The lowest BCUT2D eigenvalue weighted by molar-refractivity contribution is -0.339. The second-order valence-electron chi connectivity index (χ2n) is 12.7. The maximum atomic E-state index is 12.1. The first-order valence-corrected chi connectivity index (χ1v) is 17.3. The molecule has 5 rings (SSSR count). The van der Waals surface area contributed by atoms with Crippen LogP contribution in [-0.4, -0.2) is 103 Å². The second-order valence-corrected chi connectivity index (χ2v) is 12.7. The molecule has 2 saturated heterocycles. The maximum Gasteiger partial charge on any atom is 0.303 e. The zero-order valence-corrected chi connectivity index (χ0v) is 29.8. The molecule has 53 heavy (non-hydrogen) atoms. The maximum absolute atomic E-state index is 12.1. The van der Waals surface area contributed by atoms with Gasteiger partial charge in [0, 0.05) is 20.8 Å².